The molecule has 3 rings (SSSR count). The van der Waals surface area contributed by atoms with Gasteiger partial charge in [0, 0.05) is 29.7 Å². The van der Waals surface area contributed by atoms with Gasteiger partial charge in [0.1, 0.15) is 5.75 Å². The third kappa shape index (κ3) is 5.10. The Balaban J connectivity index is 1.54. The summed E-state index contributed by atoms with van der Waals surface area (Å²) in [6.45, 7) is 4.81. The van der Waals surface area contributed by atoms with Crippen LogP contribution in [0.15, 0.2) is 53.0 Å². The molecule has 2 aromatic rings. The van der Waals surface area contributed by atoms with Crippen LogP contribution < -0.4 is 15.0 Å². The molecule has 1 aliphatic heterocycles. The van der Waals surface area contributed by atoms with Crippen molar-refractivity contribution in [3.63, 3.8) is 0 Å². The van der Waals surface area contributed by atoms with Crippen LogP contribution in [0.25, 0.3) is 0 Å². The topological polar surface area (TPSA) is 58.6 Å². The summed E-state index contributed by atoms with van der Waals surface area (Å²) in [5.74, 6) is 0.370. The second-order valence-electron chi connectivity index (χ2n) is 6.91. The Bertz CT molecular complexity index is 803. The molecule has 0 bridgehead atoms. The summed E-state index contributed by atoms with van der Waals surface area (Å²) in [5, 5.41) is 2.94. The van der Waals surface area contributed by atoms with Gasteiger partial charge in [-0.05, 0) is 55.8 Å². The highest BCUT2D eigenvalue weighted by Crippen LogP contribution is 2.26. The molecule has 5 nitrogen and oxygen atoms in total. The average Bonchev–Trinajstić information content (AvgIpc) is 3.03. The number of nitrogens with one attached hydrogen (secondary N) is 1. The first-order valence-electron chi connectivity index (χ1n) is 9.01. The Kier molecular flexibility index (Phi) is 6.16. The molecular formula is C21H23BrN2O3. The zero-order valence-electron chi connectivity index (χ0n) is 15.4. The third-order valence-corrected chi connectivity index (χ3v) is 4.92. The maximum Gasteiger partial charge on any atom is 0.227 e. The first-order chi connectivity index (χ1) is 12.9. The number of hydrogen-bond acceptors (Lipinski definition) is 3. The van der Waals surface area contributed by atoms with Crippen LogP contribution in [0, 0.1) is 5.92 Å². The van der Waals surface area contributed by atoms with Crippen molar-refractivity contribution >= 4 is 33.4 Å². The minimum atomic E-state index is -0.329. The molecule has 27 heavy (non-hydrogen) atoms. The Morgan fingerprint density at radius 2 is 1.85 bits per heavy atom. The second kappa shape index (κ2) is 8.57. The predicted octanol–water partition coefficient (Wildman–Crippen LogP) is 3.91. The quantitative estimate of drug-likeness (QED) is 0.755. The molecule has 6 heteroatoms. The number of rotatable bonds is 6. The van der Waals surface area contributed by atoms with Gasteiger partial charge in [0.25, 0.3) is 0 Å². The van der Waals surface area contributed by atoms with Crippen LogP contribution in [-0.4, -0.2) is 24.5 Å². The van der Waals surface area contributed by atoms with E-state index in [9.17, 15) is 9.59 Å². The first-order valence-corrected chi connectivity index (χ1v) is 9.81. The average molecular weight is 431 g/mol. The fourth-order valence-corrected chi connectivity index (χ4v) is 3.31. The van der Waals surface area contributed by atoms with Crippen LogP contribution in [0.5, 0.6) is 5.75 Å². The summed E-state index contributed by atoms with van der Waals surface area (Å²) in [6, 6.07) is 15.2. The fraction of sp³-hybridized carbons (Fsp3) is 0.333. The lowest BCUT2D eigenvalue weighted by Crippen LogP contribution is -2.32. The van der Waals surface area contributed by atoms with Gasteiger partial charge >= 0.3 is 0 Å². The van der Waals surface area contributed by atoms with Crippen LogP contribution >= 0.6 is 15.9 Å². The normalized spacial score (nSPS) is 16.7. The Morgan fingerprint density at radius 1 is 1.19 bits per heavy atom. The van der Waals surface area contributed by atoms with Crippen molar-refractivity contribution in [2.75, 3.05) is 11.4 Å². The van der Waals surface area contributed by atoms with Gasteiger partial charge in [0.15, 0.2) is 0 Å². The molecule has 1 N–H and O–H groups in total. The fourth-order valence-electron chi connectivity index (χ4n) is 3.05. The summed E-state index contributed by atoms with van der Waals surface area (Å²) in [6.07, 6.45) is 0.368. The monoisotopic (exact) mass is 430 g/mol. The van der Waals surface area contributed by atoms with E-state index in [1.165, 1.54) is 0 Å². The van der Waals surface area contributed by atoms with Gasteiger partial charge in [0.05, 0.1) is 12.0 Å². The molecule has 142 valence electrons. The van der Waals surface area contributed by atoms with Crippen LogP contribution in [0.2, 0.25) is 0 Å². The summed E-state index contributed by atoms with van der Waals surface area (Å²) >= 11 is 3.39. The second-order valence-corrected chi connectivity index (χ2v) is 7.83. The van der Waals surface area contributed by atoms with Crippen molar-refractivity contribution in [3.8, 4) is 5.75 Å². The summed E-state index contributed by atoms with van der Waals surface area (Å²) in [4.78, 5) is 26.5. The zero-order valence-corrected chi connectivity index (χ0v) is 17.0. The molecule has 1 aliphatic rings. The lowest BCUT2D eigenvalue weighted by atomic mass is 10.1. The maximum absolute atomic E-state index is 12.5. The number of carbonyl (C=O) groups excluding carboxylic acids is 2. The van der Waals surface area contributed by atoms with Crippen molar-refractivity contribution in [3.05, 3.63) is 58.6 Å². The Morgan fingerprint density at radius 3 is 2.48 bits per heavy atom. The maximum atomic E-state index is 12.5. The summed E-state index contributed by atoms with van der Waals surface area (Å²) in [5.41, 5.74) is 1.81. The number of hydrogen-bond donors (Lipinski definition) is 1. The highest BCUT2D eigenvalue weighted by Gasteiger charge is 2.34. The molecule has 0 aliphatic carbocycles. The van der Waals surface area contributed by atoms with Gasteiger partial charge in [-0.3, -0.25) is 9.59 Å². The largest absolute Gasteiger partial charge is 0.491 e. The van der Waals surface area contributed by atoms with Crippen molar-refractivity contribution in [1.29, 1.82) is 0 Å². The molecule has 1 atom stereocenters. The van der Waals surface area contributed by atoms with Crippen LogP contribution in [0.1, 0.15) is 25.8 Å². The SMILES string of the molecule is CC(C)Oc1ccc(CNC(=O)[C@@H]2CC(=O)N(c3ccc(Br)cc3)C2)cc1. The van der Waals surface area contributed by atoms with Crippen molar-refractivity contribution in [1.82, 2.24) is 5.32 Å². The molecule has 2 aromatic carbocycles. The van der Waals surface area contributed by atoms with E-state index in [1.54, 1.807) is 4.90 Å². The number of anilines is 1. The van der Waals surface area contributed by atoms with Gasteiger partial charge < -0.3 is 15.0 Å². The van der Waals surface area contributed by atoms with E-state index < -0.39 is 0 Å². The molecular weight excluding hydrogens is 408 g/mol. The molecule has 1 fully saturated rings. The van der Waals surface area contributed by atoms with E-state index in [0.717, 1.165) is 21.5 Å². The minimum Gasteiger partial charge on any atom is -0.491 e. The number of ether oxygens (including phenoxy) is 1. The lowest BCUT2D eigenvalue weighted by molar-refractivity contribution is -0.126. The molecule has 1 saturated heterocycles. The van der Waals surface area contributed by atoms with E-state index in [2.05, 4.69) is 21.2 Å². The van der Waals surface area contributed by atoms with Gasteiger partial charge in [-0.25, -0.2) is 0 Å². The smallest absolute Gasteiger partial charge is 0.227 e. The molecule has 0 spiro atoms. The van der Waals surface area contributed by atoms with E-state index in [1.807, 2.05) is 62.4 Å². The van der Waals surface area contributed by atoms with Crippen LogP contribution in [0.4, 0.5) is 5.69 Å². The van der Waals surface area contributed by atoms with Crippen molar-refractivity contribution in [2.24, 2.45) is 5.92 Å². The van der Waals surface area contributed by atoms with Crippen molar-refractivity contribution < 1.29 is 14.3 Å². The van der Waals surface area contributed by atoms with Gasteiger partial charge in [0.2, 0.25) is 11.8 Å². The summed E-state index contributed by atoms with van der Waals surface area (Å²) < 4.78 is 6.57. The Labute approximate surface area is 167 Å². The molecule has 0 unspecified atom stereocenters. The third-order valence-electron chi connectivity index (χ3n) is 4.40. The van der Waals surface area contributed by atoms with Crippen LogP contribution in [-0.2, 0) is 16.1 Å². The number of nitrogens with zero attached hydrogens (tertiary/aromatic N) is 1. The molecule has 0 saturated carbocycles. The van der Waals surface area contributed by atoms with E-state index in [4.69, 9.17) is 4.74 Å². The Hall–Kier alpha value is -2.34. The van der Waals surface area contributed by atoms with E-state index in [-0.39, 0.29) is 30.3 Å². The molecule has 2 amide bonds. The number of halogens is 1. The van der Waals surface area contributed by atoms with E-state index >= 15 is 0 Å². The lowest BCUT2D eigenvalue weighted by Gasteiger charge is -2.17. The van der Waals surface area contributed by atoms with Crippen molar-refractivity contribution in [2.45, 2.75) is 32.9 Å². The van der Waals surface area contributed by atoms with E-state index in [0.29, 0.717) is 13.1 Å². The number of amides is 2. The summed E-state index contributed by atoms with van der Waals surface area (Å²) in [7, 11) is 0. The standard InChI is InChI=1S/C21H23BrN2O3/c1-14(2)27-19-9-3-15(4-10-19)12-23-21(26)16-11-20(25)24(13-16)18-7-5-17(22)6-8-18/h3-10,14,16H,11-13H2,1-2H3,(H,23,26)/t16-/m1/s1. The number of carbonyl (C=O) groups is 2. The molecule has 1 heterocycles. The predicted molar refractivity (Wildman–Crippen MR) is 109 cm³/mol. The highest BCUT2D eigenvalue weighted by atomic mass is 79.9. The molecule has 0 radical (unpaired) electrons. The molecule has 0 aromatic heterocycles. The van der Waals surface area contributed by atoms with Gasteiger partial charge in [-0.2, -0.15) is 0 Å². The highest BCUT2D eigenvalue weighted by molar-refractivity contribution is 9.10. The zero-order chi connectivity index (χ0) is 19.4. The first kappa shape index (κ1) is 19.4. The van der Waals surface area contributed by atoms with Crippen LogP contribution in [0.3, 0.4) is 0 Å². The van der Waals surface area contributed by atoms with Gasteiger partial charge in [-0.1, -0.05) is 28.1 Å². The number of benzene rings is 2. The van der Waals surface area contributed by atoms with Gasteiger partial charge in [-0.15, -0.1) is 0 Å². The minimum absolute atomic E-state index is 0.0207.